The topological polar surface area (TPSA) is 81.0 Å². The molecule has 4 aromatic rings. The SMILES string of the molecule is O=C(c1cnc2ccc(-c3cccc(CS(=O)(=O)c4ccc(F)cc4F)c3)cn12)N1CCOCC1. The zero-order valence-electron chi connectivity index (χ0n) is 18.5. The van der Waals surface area contributed by atoms with Crippen LogP contribution in [0.5, 0.6) is 0 Å². The zero-order valence-corrected chi connectivity index (χ0v) is 19.3. The molecule has 0 unspecified atom stereocenters. The lowest BCUT2D eigenvalue weighted by molar-refractivity contribution is 0.0298. The maximum absolute atomic E-state index is 14.1. The number of imidazole rings is 1. The van der Waals surface area contributed by atoms with E-state index in [0.717, 1.165) is 23.3 Å². The van der Waals surface area contributed by atoms with Crippen molar-refractivity contribution in [2.45, 2.75) is 10.6 Å². The van der Waals surface area contributed by atoms with Crippen LogP contribution in [0.1, 0.15) is 16.1 Å². The fraction of sp³-hybridized carbons (Fsp3) is 0.200. The minimum absolute atomic E-state index is 0.140. The second-order valence-electron chi connectivity index (χ2n) is 8.23. The van der Waals surface area contributed by atoms with Gasteiger partial charge in [-0.1, -0.05) is 24.3 Å². The molecule has 10 heteroatoms. The lowest BCUT2D eigenvalue weighted by Gasteiger charge is -2.26. The molecule has 1 fully saturated rings. The van der Waals surface area contributed by atoms with E-state index < -0.39 is 32.1 Å². The Labute approximate surface area is 200 Å². The summed E-state index contributed by atoms with van der Waals surface area (Å²) >= 11 is 0. The van der Waals surface area contributed by atoms with E-state index in [4.69, 9.17) is 4.74 Å². The van der Waals surface area contributed by atoms with Crippen molar-refractivity contribution in [3.05, 3.63) is 89.9 Å². The normalized spacial score (nSPS) is 14.4. The van der Waals surface area contributed by atoms with Crippen molar-refractivity contribution in [1.29, 1.82) is 0 Å². The van der Waals surface area contributed by atoms with Crippen LogP contribution in [-0.2, 0) is 20.3 Å². The third kappa shape index (κ3) is 4.67. The number of morpholine rings is 1. The lowest BCUT2D eigenvalue weighted by Crippen LogP contribution is -2.41. The number of benzene rings is 2. The van der Waals surface area contributed by atoms with E-state index in [1.165, 1.54) is 6.20 Å². The third-order valence-electron chi connectivity index (χ3n) is 5.87. The van der Waals surface area contributed by atoms with Crippen LogP contribution in [0.15, 0.2) is 71.9 Å². The molecule has 3 heterocycles. The Balaban J connectivity index is 1.45. The van der Waals surface area contributed by atoms with Crippen LogP contribution in [0.2, 0.25) is 0 Å². The molecule has 35 heavy (non-hydrogen) atoms. The first-order valence-corrected chi connectivity index (χ1v) is 12.6. The maximum Gasteiger partial charge on any atom is 0.272 e. The number of hydrogen-bond acceptors (Lipinski definition) is 5. The van der Waals surface area contributed by atoms with Gasteiger partial charge in [0.1, 0.15) is 27.9 Å². The summed E-state index contributed by atoms with van der Waals surface area (Å²) in [7, 11) is -4.03. The molecule has 0 bridgehead atoms. The number of carbonyl (C=O) groups is 1. The van der Waals surface area contributed by atoms with Crippen molar-refractivity contribution in [3.8, 4) is 11.1 Å². The first-order chi connectivity index (χ1) is 16.8. The van der Waals surface area contributed by atoms with E-state index in [1.807, 2.05) is 12.1 Å². The standard InChI is InChI=1S/C25H21F2N3O4S/c26-20-5-6-23(21(27)13-20)35(32,33)16-17-2-1-3-18(12-17)19-4-7-24-28-14-22(30(24)15-19)25(31)29-8-10-34-11-9-29/h1-7,12-15H,8-11,16H2. The minimum Gasteiger partial charge on any atom is -0.378 e. The molecular weight excluding hydrogens is 476 g/mol. The highest BCUT2D eigenvalue weighted by Gasteiger charge is 2.23. The molecular formula is C25H21F2N3O4S. The summed E-state index contributed by atoms with van der Waals surface area (Å²) in [6.07, 6.45) is 3.32. The van der Waals surface area contributed by atoms with E-state index in [-0.39, 0.29) is 5.91 Å². The van der Waals surface area contributed by atoms with E-state index >= 15 is 0 Å². The fourth-order valence-corrected chi connectivity index (χ4v) is 5.51. The van der Waals surface area contributed by atoms with Gasteiger partial charge in [0, 0.05) is 25.4 Å². The van der Waals surface area contributed by atoms with Gasteiger partial charge in [0.05, 0.1) is 25.2 Å². The lowest BCUT2D eigenvalue weighted by atomic mass is 10.1. The van der Waals surface area contributed by atoms with Crippen LogP contribution < -0.4 is 0 Å². The summed E-state index contributed by atoms with van der Waals surface area (Å²) < 4.78 is 59.9. The maximum atomic E-state index is 14.1. The van der Waals surface area contributed by atoms with Gasteiger partial charge in [0.15, 0.2) is 9.84 Å². The highest BCUT2D eigenvalue weighted by molar-refractivity contribution is 7.90. The van der Waals surface area contributed by atoms with Gasteiger partial charge in [-0.2, -0.15) is 0 Å². The van der Waals surface area contributed by atoms with Crippen molar-refractivity contribution in [2.75, 3.05) is 26.3 Å². The Bertz CT molecular complexity index is 1530. The van der Waals surface area contributed by atoms with Crippen LogP contribution in [-0.4, -0.2) is 54.9 Å². The largest absolute Gasteiger partial charge is 0.378 e. The second kappa shape index (κ2) is 9.20. The average Bonchev–Trinajstić information content (AvgIpc) is 3.27. The molecule has 0 N–H and O–H groups in total. The number of rotatable bonds is 5. The quantitative estimate of drug-likeness (QED) is 0.393. The van der Waals surface area contributed by atoms with Gasteiger partial charge in [-0.3, -0.25) is 9.20 Å². The molecule has 1 aliphatic heterocycles. The molecule has 0 atom stereocenters. The number of fused-ring (bicyclic) bond motifs is 1. The number of nitrogens with zero attached hydrogens (tertiary/aromatic N) is 3. The van der Waals surface area contributed by atoms with Gasteiger partial charge in [-0.05, 0) is 41.0 Å². The van der Waals surface area contributed by atoms with Crippen LogP contribution in [0.4, 0.5) is 8.78 Å². The zero-order chi connectivity index (χ0) is 24.6. The summed E-state index contributed by atoms with van der Waals surface area (Å²) in [4.78, 5) is 18.5. The number of sulfone groups is 1. The molecule has 0 spiro atoms. The summed E-state index contributed by atoms with van der Waals surface area (Å²) in [5.41, 5.74) is 2.95. The highest BCUT2D eigenvalue weighted by Crippen LogP contribution is 2.25. The highest BCUT2D eigenvalue weighted by atomic mass is 32.2. The number of ether oxygens (including phenoxy) is 1. The average molecular weight is 498 g/mol. The smallest absolute Gasteiger partial charge is 0.272 e. The first kappa shape index (κ1) is 23.1. The van der Waals surface area contributed by atoms with Crippen molar-refractivity contribution < 1.29 is 26.7 Å². The predicted molar refractivity (Wildman–Crippen MR) is 125 cm³/mol. The monoisotopic (exact) mass is 497 g/mol. The molecule has 0 aliphatic carbocycles. The van der Waals surface area contributed by atoms with Crippen LogP contribution in [0.25, 0.3) is 16.8 Å². The molecule has 1 saturated heterocycles. The molecule has 5 rings (SSSR count). The van der Waals surface area contributed by atoms with Crippen molar-refractivity contribution in [3.63, 3.8) is 0 Å². The number of hydrogen-bond donors (Lipinski definition) is 0. The molecule has 7 nitrogen and oxygen atoms in total. The van der Waals surface area contributed by atoms with Gasteiger partial charge in [0.2, 0.25) is 0 Å². The Kier molecular flexibility index (Phi) is 6.08. The molecule has 180 valence electrons. The van der Waals surface area contributed by atoms with Crippen molar-refractivity contribution in [2.24, 2.45) is 0 Å². The van der Waals surface area contributed by atoms with Crippen LogP contribution >= 0.6 is 0 Å². The van der Waals surface area contributed by atoms with Crippen molar-refractivity contribution in [1.82, 2.24) is 14.3 Å². The van der Waals surface area contributed by atoms with Crippen LogP contribution in [0, 0.1) is 11.6 Å². The summed E-state index contributed by atoms with van der Waals surface area (Å²) in [6.45, 7) is 2.00. The summed E-state index contributed by atoms with van der Waals surface area (Å²) in [5.74, 6) is -2.55. The number of amides is 1. The molecule has 0 saturated carbocycles. The van der Waals surface area contributed by atoms with Gasteiger partial charge in [0.25, 0.3) is 5.91 Å². The number of pyridine rings is 1. The van der Waals surface area contributed by atoms with Gasteiger partial charge < -0.3 is 9.64 Å². The first-order valence-electron chi connectivity index (χ1n) is 10.9. The fourth-order valence-electron chi connectivity index (χ4n) is 4.10. The third-order valence-corrected chi connectivity index (χ3v) is 7.58. The molecule has 1 amide bonds. The molecule has 2 aromatic heterocycles. The van der Waals surface area contributed by atoms with Gasteiger partial charge in [-0.15, -0.1) is 0 Å². The van der Waals surface area contributed by atoms with Crippen molar-refractivity contribution >= 4 is 21.4 Å². The molecule has 1 aliphatic rings. The molecule has 2 aromatic carbocycles. The van der Waals surface area contributed by atoms with E-state index in [2.05, 4.69) is 4.98 Å². The molecule has 0 radical (unpaired) electrons. The number of carbonyl (C=O) groups excluding carboxylic acids is 1. The Morgan fingerprint density at radius 3 is 2.57 bits per heavy atom. The predicted octanol–water partition coefficient (Wildman–Crippen LogP) is 3.73. The van der Waals surface area contributed by atoms with E-state index in [0.29, 0.717) is 49.3 Å². The Hall–Kier alpha value is -3.63. The summed E-state index contributed by atoms with van der Waals surface area (Å²) in [6, 6.07) is 12.9. The van der Waals surface area contributed by atoms with Gasteiger partial charge in [-0.25, -0.2) is 22.2 Å². The Morgan fingerprint density at radius 2 is 1.80 bits per heavy atom. The van der Waals surface area contributed by atoms with E-state index in [1.54, 1.807) is 39.8 Å². The second-order valence-corrected chi connectivity index (χ2v) is 10.2. The number of aromatic nitrogens is 2. The van der Waals surface area contributed by atoms with Crippen LogP contribution in [0.3, 0.4) is 0 Å². The summed E-state index contributed by atoms with van der Waals surface area (Å²) in [5, 5.41) is 0. The van der Waals surface area contributed by atoms with Gasteiger partial charge >= 0.3 is 0 Å². The minimum atomic E-state index is -4.03. The van der Waals surface area contributed by atoms with E-state index in [9.17, 15) is 22.0 Å². The number of halogens is 2. The Morgan fingerprint density at radius 1 is 1.00 bits per heavy atom.